The second-order valence-corrected chi connectivity index (χ2v) is 8.76. The maximum absolute atomic E-state index is 13.0. The van der Waals surface area contributed by atoms with Crippen molar-refractivity contribution in [2.24, 2.45) is 5.10 Å². The van der Waals surface area contributed by atoms with Crippen LogP contribution in [0, 0.1) is 20.8 Å². The first-order chi connectivity index (χ1) is 14.0. The maximum atomic E-state index is 13.0. The van der Waals surface area contributed by atoms with Gasteiger partial charge in [-0.15, -0.1) is 11.3 Å². The molecule has 0 N–H and O–H groups in total. The van der Waals surface area contributed by atoms with Gasteiger partial charge in [0.15, 0.2) is 0 Å². The van der Waals surface area contributed by atoms with Crippen molar-refractivity contribution in [3.8, 4) is 5.69 Å². The Bertz CT molecular complexity index is 1320. The summed E-state index contributed by atoms with van der Waals surface area (Å²) < 4.78 is 3.57. The van der Waals surface area contributed by atoms with Crippen molar-refractivity contribution in [3.63, 3.8) is 0 Å². The zero-order valence-corrected chi connectivity index (χ0v) is 17.6. The molecule has 6 heteroatoms. The summed E-state index contributed by atoms with van der Waals surface area (Å²) in [4.78, 5) is 19.6. The maximum Gasteiger partial charge on any atom is 0.282 e. The Morgan fingerprint density at radius 1 is 1.14 bits per heavy atom. The predicted octanol–water partition coefficient (Wildman–Crippen LogP) is 4.54. The molecule has 4 aromatic rings. The van der Waals surface area contributed by atoms with Crippen LogP contribution in [-0.4, -0.2) is 20.4 Å². The molecule has 0 amide bonds. The number of fused-ring (bicyclic) bond motifs is 3. The van der Waals surface area contributed by atoms with Crippen LogP contribution in [0.1, 0.15) is 39.4 Å². The third kappa shape index (κ3) is 2.95. The van der Waals surface area contributed by atoms with Gasteiger partial charge in [0, 0.05) is 27.5 Å². The predicted molar refractivity (Wildman–Crippen MR) is 119 cm³/mol. The van der Waals surface area contributed by atoms with E-state index in [-0.39, 0.29) is 5.56 Å². The van der Waals surface area contributed by atoms with Gasteiger partial charge in [0.25, 0.3) is 5.56 Å². The van der Waals surface area contributed by atoms with Crippen LogP contribution >= 0.6 is 11.3 Å². The van der Waals surface area contributed by atoms with Crippen molar-refractivity contribution in [1.29, 1.82) is 0 Å². The van der Waals surface area contributed by atoms with Gasteiger partial charge in [-0.2, -0.15) is 9.78 Å². The number of hydrogen-bond acceptors (Lipinski definition) is 4. The zero-order chi connectivity index (χ0) is 20.1. The quantitative estimate of drug-likeness (QED) is 0.472. The highest BCUT2D eigenvalue weighted by Gasteiger charge is 2.21. The number of hydrogen-bond donors (Lipinski definition) is 0. The van der Waals surface area contributed by atoms with Crippen LogP contribution in [0.15, 0.2) is 46.6 Å². The van der Waals surface area contributed by atoms with Gasteiger partial charge in [0.1, 0.15) is 11.2 Å². The molecule has 1 aliphatic carbocycles. The molecule has 0 radical (unpaired) electrons. The van der Waals surface area contributed by atoms with E-state index in [1.807, 2.05) is 0 Å². The van der Waals surface area contributed by atoms with Crippen LogP contribution in [0.3, 0.4) is 0 Å². The Morgan fingerprint density at radius 3 is 2.72 bits per heavy atom. The molecule has 0 saturated heterocycles. The molecule has 1 aliphatic rings. The largest absolute Gasteiger partial charge is 0.318 e. The van der Waals surface area contributed by atoms with Crippen LogP contribution in [0.25, 0.3) is 15.9 Å². The van der Waals surface area contributed by atoms with E-state index in [2.05, 4.69) is 65.8 Å². The summed E-state index contributed by atoms with van der Waals surface area (Å²) in [6.07, 6.45) is 6.45. The van der Waals surface area contributed by atoms with Crippen molar-refractivity contribution in [2.75, 3.05) is 0 Å². The fraction of sp³-hybridized carbons (Fsp3) is 0.261. The Labute approximate surface area is 173 Å². The minimum absolute atomic E-state index is 0.0713. The smallest absolute Gasteiger partial charge is 0.282 e. The lowest BCUT2D eigenvalue weighted by atomic mass is 10.2. The molecule has 5 nitrogen and oxygen atoms in total. The van der Waals surface area contributed by atoms with Crippen molar-refractivity contribution in [3.05, 3.63) is 80.0 Å². The van der Waals surface area contributed by atoms with Crippen molar-refractivity contribution in [1.82, 2.24) is 14.2 Å². The van der Waals surface area contributed by atoms with E-state index in [1.54, 1.807) is 17.6 Å². The van der Waals surface area contributed by atoms with E-state index >= 15 is 0 Å². The number of thiophene rings is 1. The molecule has 0 spiro atoms. The average molecular weight is 403 g/mol. The summed E-state index contributed by atoms with van der Waals surface area (Å²) >= 11 is 1.65. The van der Waals surface area contributed by atoms with Gasteiger partial charge < -0.3 is 4.57 Å². The Hall–Kier alpha value is -2.99. The third-order valence-corrected chi connectivity index (χ3v) is 6.89. The van der Waals surface area contributed by atoms with Gasteiger partial charge in [-0.25, -0.2) is 4.98 Å². The molecular formula is C23H22N4OS. The van der Waals surface area contributed by atoms with Crippen LogP contribution in [0.2, 0.25) is 0 Å². The topological polar surface area (TPSA) is 52.2 Å². The fourth-order valence-electron chi connectivity index (χ4n) is 4.19. The second-order valence-electron chi connectivity index (χ2n) is 7.67. The first-order valence-electron chi connectivity index (χ1n) is 9.85. The molecule has 0 fully saturated rings. The molecule has 0 bridgehead atoms. The number of aromatic nitrogens is 3. The summed E-state index contributed by atoms with van der Waals surface area (Å²) in [5.74, 6) is 0. The van der Waals surface area contributed by atoms with E-state index in [4.69, 9.17) is 0 Å². The first-order valence-corrected chi connectivity index (χ1v) is 10.7. The van der Waals surface area contributed by atoms with Crippen molar-refractivity contribution in [2.45, 2.75) is 40.0 Å². The molecule has 1 aromatic carbocycles. The Morgan fingerprint density at radius 2 is 1.93 bits per heavy atom. The lowest BCUT2D eigenvalue weighted by molar-refractivity contribution is 0.816. The van der Waals surface area contributed by atoms with Crippen LogP contribution in [0.4, 0.5) is 0 Å². The Kier molecular flexibility index (Phi) is 4.24. The highest BCUT2D eigenvalue weighted by Crippen LogP contribution is 2.34. The second kappa shape index (κ2) is 6.81. The molecule has 29 heavy (non-hydrogen) atoms. The van der Waals surface area contributed by atoms with Crippen LogP contribution < -0.4 is 5.56 Å². The van der Waals surface area contributed by atoms with Gasteiger partial charge in [-0.05, 0) is 63.8 Å². The fourth-order valence-corrected chi connectivity index (χ4v) is 5.41. The lowest BCUT2D eigenvalue weighted by Crippen LogP contribution is -2.17. The summed E-state index contributed by atoms with van der Waals surface area (Å²) in [6, 6.07) is 10.6. The minimum Gasteiger partial charge on any atom is -0.318 e. The minimum atomic E-state index is -0.0713. The highest BCUT2D eigenvalue weighted by molar-refractivity contribution is 7.18. The standard InChI is InChI=1S/C23H22N4OS/c1-14-7-9-18(10-8-14)27-15(2)11-17(16(27)3)12-25-26-13-24-22-21(23(26)28)19-5-4-6-20(19)29-22/h7-13H,4-6H2,1-3H3/b25-12-. The van der Waals surface area contributed by atoms with E-state index < -0.39 is 0 Å². The van der Waals surface area contributed by atoms with E-state index in [0.717, 1.165) is 52.1 Å². The lowest BCUT2D eigenvalue weighted by Gasteiger charge is -2.09. The zero-order valence-electron chi connectivity index (χ0n) is 16.8. The Balaban J connectivity index is 1.54. The van der Waals surface area contributed by atoms with E-state index in [1.165, 1.54) is 27.0 Å². The molecule has 5 rings (SSSR count). The summed E-state index contributed by atoms with van der Waals surface area (Å²) in [5.41, 5.74) is 6.69. The van der Waals surface area contributed by atoms with Crippen molar-refractivity contribution >= 4 is 27.8 Å². The van der Waals surface area contributed by atoms with Gasteiger partial charge in [0.2, 0.25) is 0 Å². The van der Waals surface area contributed by atoms with E-state index in [0.29, 0.717) is 0 Å². The molecule has 0 unspecified atom stereocenters. The molecule has 0 saturated carbocycles. The number of benzene rings is 1. The number of rotatable bonds is 3. The summed E-state index contributed by atoms with van der Waals surface area (Å²) in [6.45, 7) is 6.24. The number of aryl methyl sites for hydroxylation is 4. The molecule has 0 atom stereocenters. The molecular weight excluding hydrogens is 380 g/mol. The van der Waals surface area contributed by atoms with Gasteiger partial charge in [-0.3, -0.25) is 4.79 Å². The molecule has 146 valence electrons. The highest BCUT2D eigenvalue weighted by atomic mass is 32.1. The van der Waals surface area contributed by atoms with Gasteiger partial charge in [0.05, 0.1) is 11.6 Å². The van der Waals surface area contributed by atoms with Crippen LogP contribution in [-0.2, 0) is 12.8 Å². The molecule has 3 aromatic heterocycles. The van der Waals surface area contributed by atoms with E-state index in [9.17, 15) is 4.79 Å². The van der Waals surface area contributed by atoms with Crippen LogP contribution in [0.5, 0.6) is 0 Å². The molecule has 0 aliphatic heterocycles. The average Bonchev–Trinajstić information content (AvgIpc) is 3.36. The summed E-state index contributed by atoms with van der Waals surface area (Å²) in [7, 11) is 0. The van der Waals surface area contributed by atoms with Crippen molar-refractivity contribution < 1.29 is 0 Å². The SMILES string of the molecule is Cc1ccc(-n2c(C)cc(/C=N\n3cnc4sc5c(c4c3=O)CCC5)c2C)cc1. The van der Waals surface area contributed by atoms with Gasteiger partial charge >= 0.3 is 0 Å². The summed E-state index contributed by atoms with van der Waals surface area (Å²) in [5, 5.41) is 5.22. The third-order valence-electron chi connectivity index (χ3n) is 5.69. The van der Waals surface area contributed by atoms with Gasteiger partial charge in [-0.1, -0.05) is 17.7 Å². The number of nitrogens with zero attached hydrogens (tertiary/aromatic N) is 4. The normalized spacial score (nSPS) is 13.6. The first kappa shape index (κ1) is 18.1. The monoisotopic (exact) mass is 402 g/mol. The molecule has 3 heterocycles.